The van der Waals surface area contributed by atoms with E-state index in [1.807, 2.05) is 63.8 Å². The molecule has 0 radical (unpaired) electrons. The van der Waals surface area contributed by atoms with E-state index in [1.165, 1.54) is 16.4 Å². The molecule has 0 saturated heterocycles. The molecule has 0 aliphatic heterocycles. The largest absolute Gasteiger partial charge is 0.497 e. The number of aromatic nitrogens is 3. The van der Waals surface area contributed by atoms with Crippen LogP contribution in [0.1, 0.15) is 34.6 Å². The highest BCUT2D eigenvalue weighted by Gasteiger charge is 2.27. The van der Waals surface area contributed by atoms with Gasteiger partial charge >= 0.3 is 0 Å². The van der Waals surface area contributed by atoms with E-state index in [1.54, 1.807) is 7.11 Å². The summed E-state index contributed by atoms with van der Waals surface area (Å²) in [5.74, 6) is 7.53. The fourth-order valence-corrected chi connectivity index (χ4v) is 3.64. The van der Waals surface area contributed by atoms with Gasteiger partial charge in [0, 0.05) is 17.6 Å². The highest BCUT2D eigenvalue weighted by molar-refractivity contribution is 8.00. The molecule has 1 heterocycles. The van der Waals surface area contributed by atoms with Crippen molar-refractivity contribution in [2.45, 2.75) is 57.1 Å². The van der Waals surface area contributed by atoms with Crippen LogP contribution in [-0.4, -0.2) is 50.1 Å². The first-order valence-corrected chi connectivity index (χ1v) is 9.48. The topological polar surface area (TPSA) is 86.3 Å². The van der Waals surface area contributed by atoms with Gasteiger partial charge in [-0.05, 0) is 58.9 Å². The van der Waals surface area contributed by atoms with Crippen LogP contribution in [0.5, 0.6) is 5.75 Å². The van der Waals surface area contributed by atoms with Crippen molar-refractivity contribution in [1.82, 2.24) is 19.8 Å². The van der Waals surface area contributed by atoms with E-state index in [2.05, 4.69) is 10.2 Å². The Bertz CT molecular complexity index is 735. The maximum absolute atomic E-state index is 12.8. The molecule has 0 aliphatic carbocycles. The van der Waals surface area contributed by atoms with E-state index in [0.717, 1.165) is 11.3 Å². The molecule has 1 amide bonds. The molecule has 1 atom stereocenters. The minimum atomic E-state index is -0.310. The lowest BCUT2D eigenvalue weighted by Gasteiger charge is -2.32. The third-order valence-corrected chi connectivity index (χ3v) is 5.05. The zero-order valence-corrected chi connectivity index (χ0v) is 16.9. The summed E-state index contributed by atoms with van der Waals surface area (Å²) < 4.78 is 6.58. The summed E-state index contributed by atoms with van der Waals surface area (Å²) in [5, 5.41) is 8.52. The van der Waals surface area contributed by atoms with Crippen LogP contribution in [0.2, 0.25) is 0 Å². The SMILES string of the molecule is COc1ccc(-c2nnc(SC(C)C(=O)N(C(C)C)C(C)C)n2N)cc1. The Morgan fingerprint density at radius 2 is 1.69 bits per heavy atom. The molecule has 1 unspecified atom stereocenters. The summed E-state index contributed by atoms with van der Waals surface area (Å²) in [7, 11) is 1.62. The van der Waals surface area contributed by atoms with Crippen molar-refractivity contribution in [1.29, 1.82) is 0 Å². The van der Waals surface area contributed by atoms with Gasteiger partial charge in [-0.3, -0.25) is 4.79 Å². The number of carbonyl (C=O) groups excluding carboxylic acids is 1. The predicted octanol–water partition coefficient (Wildman–Crippen LogP) is 2.79. The third kappa shape index (κ3) is 4.30. The minimum absolute atomic E-state index is 0.0639. The van der Waals surface area contributed by atoms with Crippen LogP contribution in [0.25, 0.3) is 11.4 Å². The first-order valence-electron chi connectivity index (χ1n) is 8.60. The van der Waals surface area contributed by atoms with Crippen molar-refractivity contribution in [2.24, 2.45) is 0 Å². The van der Waals surface area contributed by atoms with Gasteiger partial charge in [-0.2, -0.15) is 0 Å². The molecule has 0 spiro atoms. The van der Waals surface area contributed by atoms with Gasteiger partial charge in [0.1, 0.15) is 5.75 Å². The van der Waals surface area contributed by atoms with Crippen LogP contribution < -0.4 is 10.6 Å². The number of hydrogen-bond acceptors (Lipinski definition) is 6. The average molecular weight is 378 g/mol. The van der Waals surface area contributed by atoms with Gasteiger partial charge in [0.25, 0.3) is 0 Å². The number of ether oxygens (including phenoxy) is 1. The molecular weight excluding hydrogens is 350 g/mol. The van der Waals surface area contributed by atoms with Gasteiger partial charge in [0.15, 0.2) is 5.82 Å². The zero-order chi connectivity index (χ0) is 19.4. The molecule has 2 N–H and O–H groups in total. The molecule has 8 heteroatoms. The molecular formula is C18H27N5O2S. The fourth-order valence-electron chi connectivity index (χ4n) is 2.82. The summed E-state index contributed by atoms with van der Waals surface area (Å²) in [6.07, 6.45) is 0. The van der Waals surface area contributed by atoms with Crippen LogP contribution >= 0.6 is 11.8 Å². The average Bonchev–Trinajstić information content (AvgIpc) is 2.95. The molecule has 1 aromatic heterocycles. The molecule has 142 valence electrons. The van der Waals surface area contributed by atoms with Crippen LogP contribution in [0.15, 0.2) is 29.4 Å². The second-order valence-corrected chi connectivity index (χ2v) is 7.91. The lowest BCUT2D eigenvalue weighted by atomic mass is 10.2. The Morgan fingerprint density at radius 3 is 2.19 bits per heavy atom. The molecule has 7 nitrogen and oxygen atoms in total. The van der Waals surface area contributed by atoms with Crippen molar-refractivity contribution in [3.63, 3.8) is 0 Å². The number of methoxy groups -OCH3 is 1. The molecule has 1 aromatic carbocycles. The highest BCUT2D eigenvalue weighted by atomic mass is 32.2. The standard InChI is InChI=1S/C18H27N5O2S/c1-11(2)22(12(3)4)17(24)13(5)26-18-21-20-16(23(18)19)14-7-9-15(25-6)10-8-14/h7-13H,19H2,1-6H3. The number of carbonyl (C=O) groups is 1. The number of thioether (sulfide) groups is 1. The number of nitrogen functional groups attached to an aromatic ring is 1. The molecule has 26 heavy (non-hydrogen) atoms. The lowest BCUT2D eigenvalue weighted by molar-refractivity contribution is -0.133. The van der Waals surface area contributed by atoms with E-state index in [-0.39, 0.29) is 23.2 Å². The maximum Gasteiger partial charge on any atom is 0.236 e. The Morgan fingerprint density at radius 1 is 1.12 bits per heavy atom. The van der Waals surface area contributed by atoms with Gasteiger partial charge in [0.2, 0.25) is 11.1 Å². The van der Waals surface area contributed by atoms with Gasteiger partial charge in [-0.1, -0.05) is 11.8 Å². The Balaban J connectivity index is 2.17. The van der Waals surface area contributed by atoms with Gasteiger partial charge < -0.3 is 15.5 Å². The first kappa shape index (κ1) is 20.1. The molecule has 0 fully saturated rings. The van der Waals surface area contributed by atoms with Crippen LogP contribution in [0.3, 0.4) is 0 Å². The summed E-state index contributed by atoms with van der Waals surface area (Å²) >= 11 is 1.31. The van der Waals surface area contributed by atoms with Crippen molar-refractivity contribution >= 4 is 17.7 Å². The number of amides is 1. The van der Waals surface area contributed by atoms with Crippen LogP contribution in [0, 0.1) is 0 Å². The van der Waals surface area contributed by atoms with Crippen molar-refractivity contribution in [3.05, 3.63) is 24.3 Å². The Kier molecular flexibility index (Phi) is 6.52. The van der Waals surface area contributed by atoms with E-state index in [9.17, 15) is 4.79 Å². The van der Waals surface area contributed by atoms with E-state index in [4.69, 9.17) is 10.6 Å². The first-order chi connectivity index (χ1) is 12.3. The molecule has 0 aliphatic rings. The Hall–Kier alpha value is -2.22. The normalized spacial score (nSPS) is 12.5. The summed E-state index contributed by atoms with van der Waals surface area (Å²) in [6, 6.07) is 7.69. The van der Waals surface area contributed by atoms with E-state index >= 15 is 0 Å². The quantitative estimate of drug-likeness (QED) is 0.590. The lowest BCUT2D eigenvalue weighted by Crippen LogP contribution is -2.45. The zero-order valence-electron chi connectivity index (χ0n) is 16.1. The number of nitrogens with zero attached hydrogens (tertiary/aromatic N) is 4. The molecule has 2 rings (SSSR count). The van der Waals surface area contributed by atoms with Crippen molar-refractivity contribution in [3.8, 4) is 17.1 Å². The minimum Gasteiger partial charge on any atom is -0.497 e. The summed E-state index contributed by atoms with van der Waals surface area (Å²) in [6.45, 7) is 9.93. The van der Waals surface area contributed by atoms with Crippen LogP contribution in [-0.2, 0) is 4.79 Å². The second kappa shape index (κ2) is 8.44. The second-order valence-electron chi connectivity index (χ2n) is 6.60. The number of benzene rings is 1. The van der Waals surface area contributed by atoms with Gasteiger partial charge in [-0.15, -0.1) is 10.2 Å². The number of nitrogens with two attached hydrogens (primary N) is 1. The molecule has 0 bridgehead atoms. The highest BCUT2D eigenvalue weighted by Crippen LogP contribution is 2.27. The van der Waals surface area contributed by atoms with Crippen molar-refractivity contribution in [2.75, 3.05) is 13.0 Å². The van der Waals surface area contributed by atoms with E-state index < -0.39 is 0 Å². The maximum atomic E-state index is 12.8. The fraction of sp³-hybridized carbons (Fsp3) is 0.500. The molecule has 2 aromatic rings. The van der Waals surface area contributed by atoms with Gasteiger partial charge in [-0.25, -0.2) is 4.68 Å². The predicted molar refractivity (Wildman–Crippen MR) is 105 cm³/mol. The van der Waals surface area contributed by atoms with Gasteiger partial charge in [0.05, 0.1) is 12.4 Å². The van der Waals surface area contributed by atoms with Crippen LogP contribution in [0.4, 0.5) is 0 Å². The van der Waals surface area contributed by atoms with E-state index in [0.29, 0.717) is 11.0 Å². The summed E-state index contributed by atoms with van der Waals surface area (Å²) in [4.78, 5) is 14.7. The van der Waals surface area contributed by atoms with Crippen molar-refractivity contribution < 1.29 is 9.53 Å². The summed E-state index contributed by atoms with van der Waals surface area (Å²) in [5.41, 5.74) is 0.831. The smallest absolute Gasteiger partial charge is 0.236 e. The number of hydrogen-bond donors (Lipinski definition) is 1. The monoisotopic (exact) mass is 377 g/mol. The third-order valence-electron chi connectivity index (χ3n) is 4.01. The molecule has 0 saturated carbocycles. The Labute approximate surface area is 158 Å². The number of rotatable bonds is 7.